The molecule has 180 valence electrons. The second-order valence-electron chi connectivity index (χ2n) is 8.40. The van der Waals surface area contributed by atoms with E-state index >= 15 is 0 Å². The molecule has 0 aliphatic carbocycles. The van der Waals surface area contributed by atoms with Crippen LogP contribution in [-0.4, -0.2) is 56.2 Å². The number of halogens is 2. The number of hydrogen-bond donors (Lipinski definition) is 0. The molecule has 0 aromatic rings. The van der Waals surface area contributed by atoms with Crippen LogP contribution in [0.1, 0.15) is 67.2 Å². The van der Waals surface area contributed by atoms with Gasteiger partial charge in [-0.05, 0) is 40.5 Å². The van der Waals surface area contributed by atoms with Gasteiger partial charge in [-0.1, -0.05) is 13.8 Å². The normalized spacial score (nSPS) is 12.1. The Hall–Kier alpha value is -2.26. The minimum absolute atomic E-state index is 0.255. The summed E-state index contributed by atoms with van der Waals surface area (Å²) < 4.78 is 46.8. The molecule has 10 heteroatoms. The lowest BCUT2D eigenvalue weighted by Crippen LogP contribution is -2.30. The van der Waals surface area contributed by atoms with Gasteiger partial charge in [-0.25, -0.2) is 8.78 Å². The number of esters is 4. The first-order valence-corrected chi connectivity index (χ1v) is 10.2. The highest BCUT2D eigenvalue weighted by atomic mass is 19.3. The fourth-order valence-corrected chi connectivity index (χ4v) is 1.85. The molecule has 8 nitrogen and oxygen atoms in total. The molecular formula is C21H34F2O8. The molecule has 0 heterocycles. The van der Waals surface area contributed by atoms with Crippen LogP contribution in [0.4, 0.5) is 8.78 Å². The van der Waals surface area contributed by atoms with Crippen LogP contribution in [0.3, 0.4) is 0 Å². The molecule has 0 amide bonds. The van der Waals surface area contributed by atoms with Crippen molar-refractivity contribution in [2.24, 2.45) is 10.8 Å². The minimum atomic E-state index is -3.67. The molecule has 0 aromatic carbocycles. The second kappa shape index (κ2) is 12.6. The van der Waals surface area contributed by atoms with E-state index in [1.807, 2.05) is 13.8 Å². The number of hydrogen-bond acceptors (Lipinski definition) is 8. The minimum Gasteiger partial charge on any atom is -0.462 e. The summed E-state index contributed by atoms with van der Waals surface area (Å²) in [4.78, 5) is 46.6. The first-order valence-electron chi connectivity index (χ1n) is 10.2. The zero-order valence-electron chi connectivity index (χ0n) is 19.2. The van der Waals surface area contributed by atoms with Crippen molar-refractivity contribution in [1.82, 2.24) is 0 Å². The van der Waals surface area contributed by atoms with Gasteiger partial charge in [0.05, 0.1) is 10.8 Å². The lowest BCUT2D eigenvalue weighted by Gasteiger charge is -2.20. The Morgan fingerprint density at radius 2 is 0.903 bits per heavy atom. The van der Waals surface area contributed by atoms with Crippen LogP contribution in [-0.2, 0) is 38.1 Å². The van der Waals surface area contributed by atoms with Gasteiger partial charge in [0.1, 0.15) is 39.3 Å². The summed E-state index contributed by atoms with van der Waals surface area (Å²) in [7, 11) is 0. The van der Waals surface area contributed by atoms with Crippen LogP contribution in [0, 0.1) is 10.8 Å². The van der Waals surface area contributed by atoms with E-state index in [1.165, 1.54) is 0 Å². The zero-order valence-corrected chi connectivity index (χ0v) is 19.2. The van der Waals surface area contributed by atoms with Crippen molar-refractivity contribution in [3.63, 3.8) is 0 Å². The summed E-state index contributed by atoms with van der Waals surface area (Å²) in [5.74, 6) is -7.11. The Bertz CT molecular complexity index is 577. The molecule has 0 aliphatic rings. The van der Waals surface area contributed by atoms with Gasteiger partial charge in [0.15, 0.2) is 0 Å². The number of carbonyl (C=O) groups is 4. The Kier molecular flexibility index (Phi) is 11.6. The molecule has 31 heavy (non-hydrogen) atoms. The van der Waals surface area contributed by atoms with Gasteiger partial charge in [0.25, 0.3) is 5.92 Å². The molecule has 0 saturated carbocycles. The van der Waals surface area contributed by atoms with Crippen molar-refractivity contribution in [3.8, 4) is 0 Å². The lowest BCUT2D eigenvalue weighted by atomic mass is 9.91. The third-order valence-corrected chi connectivity index (χ3v) is 4.84. The SMILES string of the molecule is CCC(C)(C)C(=O)OCCOC(=O)CC(F)(F)CC(=O)OCCOC(=O)C(C)(C)CC. The lowest BCUT2D eigenvalue weighted by molar-refractivity contribution is -0.166. The van der Waals surface area contributed by atoms with E-state index in [-0.39, 0.29) is 26.4 Å². The molecular weight excluding hydrogens is 418 g/mol. The van der Waals surface area contributed by atoms with Crippen molar-refractivity contribution in [1.29, 1.82) is 0 Å². The molecule has 0 unspecified atom stereocenters. The highest BCUT2D eigenvalue weighted by Gasteiger charge is 2.37. The number of rotatable bonds is 14. The Morgan fingerprint density at radius 1 is 0.613 bits per heavy atom. The fraction of sp³-hybridized carbons (Fsp3) is 0.810. The third kappa shape index (κ3) is 11.6. The average Bonchev–Trinajstić information content (AvgIpc) is 2.67. The van der Waals surface area contributed by atoms with Crippen LogP contribution in [0.2, 0.25) is 0 Å². The number of ether oxygens (including phenoxy) is 4. The monoisotopic (exact) mass is 452 g/mol. The standard InChI is InChI=1S/C21H34F2O8/c1-7-19(3,4)17(26)30-11-9-28-15(24)13-21(22,23)14-16(25)29-10-12-31-18(27)20(5,6)8-2/h7-14H2,1-6H3. The van der Waals surface area contributed by atoms with Crippen molar-refractivity contribution in [2.45, 2.75) is 73.1 Å². The van der Waals surface area contributed by atoms with E-state index in [2.05, 4.69) is 9.47 Å². The maximum absolute atomic E-state index is 13.8. The second-order valence-corrected chi connectivity index (χ2v) is 8.40. The van der Waals surface area contributed by atoms with E-state index in [9.17, 15) is 28.0 Å². The van der Waals surface area contributed by atoms with E-state index in [0.717, 1.165) is 0 Å². The summed E-state index contributed by atoms with van der Waals surface area (Å²) >= 11 is 0. The van der Waals surface area contributed by atoms with Gasteiger partial charge in [-0.15, -0.1) is 0 Å². The summed E-state index contributed by atoms with van der Waals surface area (Å²) in [6.45, 7) is 9.14. The van der Waals surface area contributed by atoms with Crippen LogP contribution in [0.25, 0.3) is 0 Å². The van der Waals surface area contributed by atoms with E-state index in [1.54, 1.807) is 27.7 Å². The molecule has 0 atom stereocenters. The molecule has 0 radical (unpaired) electrons. The highest BCUT2D eigenvalue weighted by molar-refractivity contribution is 5.76. The maximum atomic E-state index is 13.8. The molecule has 0 spiro atoms. The van der Waals surface area contributed by atoms with Crippen LogP contribution in [0.5, 0.6) is 0 Å². The molecule has 0 aliphatic heterocycles. The summed E-state index contributed by atoms with van der Waals surface area (Å²) in [5.41, 5.74) is -1.39. The maximum Gasteiger partial charge on any atom is 0.312 e. The van der Waals surface area contributed by atoms with Crippen molar-refractivity contribution < 1.29 is 46.9 Å². The van der Waals surface area contributed by atoms with Crippen molar-refractivity contribution in [2.75, 3.05) is 26.4 Å². The van der Waals surface area contributed by atoms with Crippen molar-refractivity contribution in [3.05, 3.63) is 0 Å². The molecule has 0 fully saturated rings. The summed E-state index contributed by atoms with van der Waals surface area (Å²) in [6.07, 6.45) is -1.55. The largest absolute Gasteiger partial charge is 0.462 e. The Morgan fingerprint density at radius 3 is 1.19 bits per heavy atom. The fourth-order valence-electron chi connectivity index (χ4n) is 1.85. The first kappa shape index (κ1) is 28.7. The third-order valence-electron chi connectivity index (χ3n) is 4.84. The van der Waals surface area contributed by atoms with Crippen LogP contribution >= 0.6 is 0 Å². The number of alkyl halides is 2. The van der Waals surface area contributed by atoms with Gasteiger partial charge in [-0.2, -0.15) is 0 Å². The molecule has 0 saturated heterocycles. The Labute approximate surface area is 181 Å². The van der Waals surface area contributed by atoms with Gasteiger partial charge in [-0.3, -0.25) is 19.2 Å². The summed E-state index contributed by atoms with van der Waals surface area (Å²) in [5, 5.41) is 0. The van der Waals surface area contributed by atoms with Crippen LogP contribution in [0.15, 0.2) is 0 Å². The van der Waals surface area contributed by atoms with Gasteiger partial charge < -0.3 is 18.9 Å². The molecule has 0 rings (SSSR count). The quantitative estimate of drug-likeness (QED) is 0.224. The van der Waals surface area contributed by atoms with E-state index < -0.39 is 53.5 Å². The van der Waals surface area contributed by atoms with Crippen LogP contribution < -0.4 is 0 Å². The van der Waals surface area contributed by atoms with Crippen molar-refractivity contribution >= 4 is 23.9 Å². The van der Waals surface area contributed by atoms with Gasteiger partial charge >= 0.3 is 23.9 Å². The molecule has 0 aromatic heterocycles. The first-order chi connectivity index (χ1) is 14.2. The smallest absolute Gasteiger partial charge is 0.312 e. The molecule has 0 N–H and O–H groups in total. The Balaban J connectivity index is 4.17. The highest BCUT2D eigenvalue weighted by Crippen LogP contribution is 2.25. The van der Waals surface area contributed by atoms with E-state index in [0.29, 0.717) is 12.8 Å². The predicted octanol–water partition coefficient (Wildman–Crippen LogP) is 3.45. The number of carbonyl (C=O) groups excluding carboxylic acids is 4. The zero-order chi connectivity index (χ0) is 24.3. The summed E-state index contributed by atoms with van der Waals surface area (Å²) in [6, 6.07) is 0. The topological polar surface area (TPSA) is 105 Å². The van der Waals surface area contributed by atoms with Gasteiger partial charge in [0, 0.05) is 0 Å². The average molecular weight is 452 g/mol. The predicted molar refractivity (Wildman–Crippen MR) is 106 cm³/mol. The van der Waals surface area contributed by atoms with E-state index in [4.69, 9.17) is 9.47 Å². The molecule has 0 bridgehead atoms. The van der Waals surface area contributed by atoms with Gasteiger partial charge in [0.2, 0.25) is 0 Å².